The molecule has 7 atom stereocenters. The molecule has 4 heteroatoms. The number of ether oxygens (including phenoxy) is 1. The fraction of sp³-hybridized carbons (Fsp3) is 0.926. The van der Waals surface area contributed by atoms with Crippen LogP contribution < -0.4 is 0 Å². The van der Waals surface area contributed by atoms with Crippen molar-refractivity contribution in [2.75, 3.05) is 6.61 Å². The first-order valence-electron chi connectivity index (χ1n) is 13.2. The first kappa shape index (κ1) is 26.2. The van der Waals surface area contributed by atoms with Crippen LogP contribution in [0.2, 0.25) is 0 Å². The van der Waals surface area contributed by atoms with Crippen LogP contribution in [0.15, 0.2) is 0 Å². The fourth-order valence-corrected chi connectivity index (χ4v) is 6.39. The van der Waals surface area contributed by atoms with Crippen LogP contribution in [0.1, 0.15) is 105 Å². The van der Waals surface area contributed by atoms with E-state index in [0.717, 1.165) is 31.1 Å². The van der Waals surface area contributed by atoms with E-state index in [1.54, 1.807) is 0 Å². The van der Waals surface area contributed by atoms with Gasteiger partial charge in [0.05, 0.1) is 18.4 Å². The largest absolute Gasteiger partial charge is 0.481 e. The van der Waals surface area contributed by atoms with Gasteiger partial charge >= 0.3 is 11.9 Å². The molecule has 2 fully saturated rings. The summed E-state index contributed by atoms with van der Waals surface area (Å²) in [5, 5.41) is 9.63. The monoisotopic (exact) mass is 436 g/mol. The molecule has 0 aromatic rings. The highest BCUT2D eigenvalue weighted by Gasteiger charge is 2.42. The Kier molecular flexibility index (Phi) is 10.9. The molecule has 0 heterocycles. The Labute approximate surface area is 190 Å². The van der Waals surface area contributed by atoms with Crippen molar-refractivity contribution in [3.63, 3.8) is 0 Å². The Morgan fingerprint density at radius 1 is 0.968 bits per heavy atom. The molecule has 7 unspecified atom stereocenters. The molecular formula is C27H48O4. The van der Waals surface area contributed by atoms with E-state index in [1.165, 1.54) is 44.9 Å². The molecule has 4 nitrogen and oxygen atoms in total. The molecule has 0 amide bonds. The molecule has 0 aliphatic heterocycles. The van der Waals surface area contributed by atoms with E-state index in [2.05, 4.69) is 27.7 Å². The molecule has 0 spiro atoms. The minimum absolute atomic E-state index is 0.0429. The maximum atomic E-state index is 12.8. The molecule has 2 aliphatic carbocycles. The summed E-state index contributed by atoms with van der Waals surface area (Å²) in [5.41, 5.74) is 0. The fourth-order valence-electron chi connectivity index (χ4n) is 6.39. The van der Waals surface area contributed by atoms with Gasteiger partial charge in [-0.25, -0.2) is 0 Å². The lowest BCUT2D eigenvalue weighted by Gasteiger charge is -2.42. The van der Waals surface area contributed by atoms with Crippen LogP contribution in [-0.2, 0) is 14.3 Å². The highest BCUT2D eigenvalue weighted by Crippen LogP contribution is 2.44. The minimum atomic E-state index is -0.844. The van der Waals surface area contributed by atoms with Gasteiger partial charge < -0.3 is 9.84 Å². The standard InChI is InChI=1S/C27H48O4/c1-6-7-8-9-10-13-21-16-22(20(5)15-24(21)18(2)3)17-31-27(30)23-14-11-12-19(4)25(23)26(28)29/h18-25H,6-17H2,1-5H3,(H,28,29). The number of unbranched alkanes of at least 4 members (excludes halogenated alkanes) is 4. The quantitative estimate of drug-likeness (QED) is 0.281. The van der Waals surface area contributed by atoms with E-state index >= 15 is 0 Å². The van der Waals surface area contributed by atoms with E-state index in [1.807, 2.05) is 6.92 Å². The molecule has 0 saturated heterocycles. The normalized spacial score (nSPS) is 33.9. The Morgan fingerprint density at radius 3 is 2.32 bits per heavy atom. The van der Waals surface area contributed by atoms with Gasteiger partial charge in [-0.3, -0.25) is 9.59 Å². The Hall–Kier alpha value is -1.06. The molecule has 0 radical (unpaired) electrons. The van der Waals surface area contributed by atoms with E-state index < -0.39 is 17.8 Å². The first-order chi connectivity index (χ1) is 14.8. The SMILES string of the molecule is CCCCCCCC1CC(COC(=O)C2CCCC(C)C2C(=O)O)C(C)CC1C(C)C. The van der Waals surface area contributed by atoms with Crippen molar-refractivity contribution in [3.8, 4) is 0 Å². The molecule has 2 saturated carbocycles. The summed E-state index contributed by atoms with van der Waals surface area (Å²) in [6.07, 6.45) is 12.7. The van der Waals surface area contributed by atoms with Gasteiger partial charge in [-0.05, 0) is 61.2 Å². The van der Waals surface area contributed by atoms with Crippen molar-refractivity contribution in [2.24, 2.45) is 47.3 Å². The highest BCUT2D eigenvalue weighted by atomic mass is 16.5. The maximum Gasteiger partial charge on any atom is 0.309 e. The molecule has 31 heavy (non-hydrogen) atoms. The molecule has 2 rings (SSSR count). The third-order valence-electron chi connectivity index (χ3n) is 8.44. The van der Waals surface area contributed by atoms with Crippen LogP contribution in [0.5, 0.6) is 0 Å². The van der Waals surface area contributed by atoms with Crippen molar-refractivity contribution in [1.82, 2.24) is 0 Å². The average Bonchev–Trinajstić information content (AvgIpc) is 2.72. The second kappa shape index (κ2) is 12.8. The molecule has 0 bridgehead atoms. The van der Waals surface area contributed by atoms with E-state index in [4.69, 9.17) is 4.74 Å². The van der Waals surface area contributed by atoms with Crippen LogP contribution >= 0.6 is 0 Å². The number of hydrogen-bond donors (Lipinski definition) is 1. The summed E-state index contributed by atoms with van der Waals surface area (Å²) >= 11 is 0. The third kappa shape index (κ3) is 7.49. The topological polar surface area (TPSA) is 63.6 Å². The number of carboxylic acid groups (broad SMARTS) is 1. The summed E-state index contributed by atoms with van der Waals surface area (Å²) in [7, 11) is 0. The second-order valence-electron chi connectivity index (χ2n) is 11.1. The van der Waals surface area contributed by atoms with Crippen molar-refractivity contribution >= 4 is 11.9 Å². The van der Waals surface area contributed by atoms with Gasteiger partial charge in [0.25, 0.3) is 0 Å². The van der Waals surface area contributed by atoms with Crippen molar-refractivity contribution in [3.05, 3.63) is 0 Å². The smallest absolute Gasteiger partial charge is 0.309 e. The summed E-state index contributed by atoms with van der Waals surface area (Å²) in [5.74, 6) is 1.01. The number of carboxylic acids is 1. The number of rotatable bonds is 11. The number of carbonyl (C=O) groups excluding carboxylic acids is 1. The van der Waals surface area contributed by atoms with Crippen LogP contribution in [-0.4, -0.2) is 23.7 Å². The predicted molar refractivity (Wildman–Crippen MR) is 126 cm³/mol. The average molecular weight is 437 g/mol. The highest BCUT2D eigenvalue weighted by molar-refractivity contribution is 5.81. The Balaban J connectivity index is 1.92. The molecule has 0 aromatic carbocycles. The van der Waals surface area contributed by atoms with Gasteiger partial charge in [0, 0.05) is 0 Å². The van der Waals surface area contributed by atoms with Gasteiger partial charge in [0.2, 0.25) is 0 Å². The summed E-state index contributed by atoms with van der Waals surface area (Å²) < 4.78 is 5.82. The maximum absolute atomic E-state index is 12.8. The molecule has 180 valence electrons. The van der Waals surface area contributed by atoms with Gasteiger partial charge in [0.1, 0.15) is 0 Å². The number of esters is 1. The number of aliphatic carboxylic acids is 1. The predicted octanol–water partition coefficient (Wildman–Crippen LogP) is 6.96. The second-order valence-corrected chi connectivity index (χ2v) is 11.1. The third-order valence-corrected chi connectivity index (χ3v) is 8.44. The van der Waals surface area contributed by atoms with Gasteiger partial charge in [-0.1, -0.05) is 79.6 Å². The van der Waals surface area contributed by atoms with Crippen molar-refractivity contribution in [2.45, 2.75) is 105 Å². The van der Waals surface area contributed by atoms with Gasteiger partial charge in [-0.2, -0.15) is 0 Å². The summed E-state index contributed by atoms with van der Waals surface area (Å²) in [6.45, 7) is 11.7. The molecule has 0 aromatic heterocycles. The van der Waals surface area contributed by atoms with Crippen LogP contribution in [0.4, 0.5) is 0 Å². The van der Waals surface area contributed by atoms with Crippen LogP contribution in [0.25, 0.3) is 0 Å². The zero-order valence-corrected chi connectivity index (χ0v) is 20.8. The van der Waals surface area contributed by atoms with Crippen molar-refractivity contribution in [1.29, 1.82) is 0 Å². The molecule has 1 N–H and O–H groups in total. The van der Waals surface area contributed by atoms with E-state index in [-0.39, 0.29) is 11.9 Å². The van der Waals surface area contributed by atoms with Crippen molar-refractivity contribution < 1.29 is 19.4 Å². The summed E-state index contributed by atoms with van der Waals surface area (Å²) in [6, 6.07) is 0. The minimum Gasteiger partial charge on any atom is -0.481 e. The van der Waals surface area contributed by atoms with Crippen LogP contribution in [0.3, 0.4) is 0 Å². The lowest BCUT2D eigenvalue weighted by atomic mass is 9.64. The zero-order chi connectivity index (χ0) is 23.0. The lowest BCUT2D eigenvalue weighted by Crippen LogP contribution is -2.40. The van der Waals surface area contributed by atoms with E-state index in [9.17, 15) is 14.7 Å². The van der Waals surface area contributed by atoms with Gasteiger partial charge in [0.15, 0.2) is 0 Å². The number of carbonyl (C=O) groups is 2. The summed E-state index contributed by atoms with van der Waals surface area (Å²) in [4.78, 5) is 24.6. The lowest BCUT2D eigenvalue weighted by molar-refractivity contribution is -0.163. The Bertz CT molecular complexity index is 557. The van der Waals surface area contributed by atoms with E-state index in [0.29, 0.717) is 30.8 Å². The Morgan fingerprint density at radius 2 is 1.68 bits per heavy atom. The molecular weight excluding hydrogens is 388 g/mol. The first-order valence-corrected chi connectivity index (χ1v) is 13.2. The van der Waals surface area contributed by atoms with Crippen LogP contribution in [0, 0.1) is 47.3 Å². The van der Waals surface area contributed by atoms with Gasteiger partial charge in [-0.15, -0.1) is 0 Å². The molecule has 2 aliphatic rings. The number of hydrogen-bond acceptors (Lipinski definition) is 3. The zero-order valence-electron chi connectivity index (χ0n) is 20.8.